The summed E-state index contributed by atoms with van der Waals surface area (Å²) in [5.41, 5.74) is 2.61. The highest BCUT2D eigenvalue weighted by molar-refractivity contribution is 8.00. The molecule has 10 heteroatoms. The van der Waals surface area contributed by atoms with Gasteiger partial charge in [0, 0.05) is 11.3 Å². The van der Waals surface area contributed by atoms with Gasteiger partial charge in [-0.3, -0.25) is 14.5 Å². The highest BCUT2D eigenvalue weighted by Crippen LogP contribution is 2.44. The number of aromatic nitrogens is 2. The molecule has 0 radical (unpaired) electrons. The molecule has 0 saturated carbocycles. The topological polar surface area (TPSA) is 106 Å². The van der Waals surface area contributed by atoms with E-state index in [-0.39, 0.29) is 16.5 Å². The van der Waals surface area contributed by atoms with Gasteiger partial charge in [0.15, 0.2) is 4.34 Å². The minimum absolute atomic E-state index is 0.0795. The van der Waals surface area contributed by atoms with Crippen LogP contribution in [0.4, 0.5) is 5.13 Å². The first kappa shape index (κ1) is 23.8. The summed E-state index contributed by atoms with van der Waals surface area (Å²) >= 11 is 2.70. The molecule has 36 heavy (non-hydrogen) atoms. The lowest BCUT2D eigenvalue weighted by atomic mass is 9.99. The molecule has 1 atom stereocenters. The summed E-state index contributed by atoms with van der Waals surface area (Å²) in [7, 11) is 1.53. The number of methoxy groups -OCH3 is 1. The lowest BCUT2D eigenvalue weighted by Gasteiger charge is -2.20. The number of Topliss-reactive ketones (excluding diaryl/α,β-unsaturated/α-hetero) is 1. The Morgan fingerprint density at radius 1 is 1.11 bits per heavy atom. The maximum atomic E-state index is 13.2. The Morgan fingerprint density at radius 2 is 1.86 bits per heavy atom. The van der Waals surface area contributed by atoms with Gasteiger partial charge in [0.25, 0.3) is 5.78 Å². The highest BCUT2D eigenvalue weighted by atomic mass is 32.2. The fourth-order valence-corrected chi connectivity index (χ4v) is 5.66. The molecule has 1 N–H and O–H groups in total. The van der Waals surface area contributed by atoms with E-state index >= 15 is 0 Å². The van der Waals surface area contributed by atoms with E-state index < -0.39 is 17.7 Å². The Kier molecular flexibility index (Phi) is 6.62. The lowest BCUT2D eigenvalue weighted by molar-refractivity contribution is -0.132. The van der Waals surface area contributed by atoms with Crippen molar-refractivity contribution >= 4 is 45.7 Å². The van der Waals surface area contributed by atoms with Crippen molar-refractivity contribution in [1.29, 1.82) is 0 Å². The van der Waals surface area contributed by atoms with Crippen LogP contribution < -0.4 is 9.64 Å². The number of anilines is 1. The first-order chi connectivity index (χ1) is 17.5. The molecule has 2 aromatic carbocycles. The van der Waals surface area contributed by atoms with Gasteiger partial charge in [-0.2, -0.15) is 0 Å². The van der Waals surface area contributed by atoms with E-state index in [9.17, 15) is 14.7 Å². The molecule has 1 aliphatic heterocycles. The zero-order chi connectivity index (χ0) is 25.2. The average Bonchev–Trinajstić information content (AvgIpc) is 3.64. The van der Waals surface area contributed by atoms with Crippen LogP contribution in [-0.2, 0) is 15.3 Å². The van der Waals surface area contributed by atoms with Crippen molar-refractivity contribution in [2.24, 2.45) is 0 Å². The standard InChI is InChI=1S/C26H21N3O5S2/c1-15-5-7-16(8-6-15)14-35-26-28-27-25(36-26)29-21(19-4-3-13-34-19)20(23(31)24(29)32)22(30)17-9-11-18(33-2)12-10-17/h3-13,21,30H,14H2,1-2H3/b22-20-. The number of benzene rings is 2. The van der Waals surface area contributed by atoms with Crippen LogP contribution in [0.25, 0.3) is 5.76 Å². The molecule has 2 aromatic heterocycles. The summed E-state index contributed by atoms with van der Waals surface area (Å²) in [6, 6.07) is 17.1. The molecule has 182 valence electrons. The quantitative estimate of drug-likeness (QED) is 0.114. The van der Waals surface area contributed by atoms with Crippen molar-refractivity contribution in [1.82, 2.24) is 10.2 Å². The molecule has 0 bridgehead atoms. The van der Waals surface area contributed by atoms with Gasteiger partial charge in [0.05, 0.1) is 18.9 Å². The van der Waals surface area contributed by atoms with E-state index in [1.807, 2.05) is 19.1 Å². The van der Waals surface area contributed by atoms with E-state index in [0.29, 0.717) is 27.2 Å². The molecule has 1 fully saturated rings. The molecule has 4 aromatic rings. The van der Waals surface area contributed by atoms with E-state index in [1.165, 1.54) is 46.9 Å². The Labute approximate surface area is 215 Å². The number of aliphatic hydroxyl groups excluding tert-OH is 1. The van der Waals surface area contributed by atoms with Crippen molar-refractivity contribution < 1.29 is 23.8 Å². The normalized spacial score (nSPS) is 17.1. The Bertz CT molecular complexity index is 1430. The second-order valence-corrected chi connectivity index (χ2v) is 10.2. The molecule has 3 heterocycles. The summed E-state index contributed by atoms with van der Waals surface area (Å²) in [6.45, 7) is 2.03. The van der Waals surface area contributed by atoms with Crippen molar-refractivity contribution in [3.05, 3.63) is 95.0 Å². The molecule has 1 saturated heterocycles. The van der Waals surface area contributed by atoms with Crippen molar-refractivity contribution in [2.45, 2.75) is 23.1 Å². The van der Waals surface area contributed by atoms with E-state index in [2.05, 4.69) is 22.3 Å². The van der Waals surface area contributed by atoms with E-state index in [0.717, 1.165) is 5.56 Å². The third kappa shape index (κ3) is 4.52. The van der Waals surface area contributed by atoms with Crippen molar-refractivity contribution in [2.75, 3.05) is 12.0 Å². The van der Waals surface area contributed by atoms with Crippen LogP contribution in [0.15, 0.2) is 81.3 Å². The first-order valence-electron chi connectivity index (χ1n) is 11.0. The molecule has 0 spiro atoms. The molecular weight excluding hydrogens is 498 g/mol. The molecule has 5 rings (SSSR count). The van der Waals surface area contributed by atoms with Gasteiger partial charge in [-0.1, -0.05) is 52.9 Å². The maximum Gasteiger partial charge on any atom is 0.302 e. The molecule has 1 amide bonds. The molecule has 1 unspecified atom stereocenters. The van der Waals surface area contributed by atoms with Crippen molar-refractivity contribution in [3.8, 4) is 5.75 Å². The number of nitrogens with zero attached hydrogens (tertiary/aromatic N) is 3. The van der Waals surface area contributed by atoms with Gasteiger partial charge in [-0.15, -0.1) is 10.2 Å². The number of hydrogen-bond donors (Lipinski definition) is 1. The van der Waals surface area contributed by atoms with Gasteiger partial charge in [-0.25, -0.2) is 0 Å². The summed E-state index contributed by atoms with van der Waals surface area (Å²) < 4.78 is 11.4. The van der Waals surface area contributed by atoms with Crippen LogP contribution >= 0.6 is 23.1 Å². The third-order valence-electron chi connectivity index (χ3n) is 5.71. The number of ether oxygens (including phenoxy) is 1. The van der Waals surface area contributed by atoms with Crippen LogP contribution in [0.2, 0.25) is 0 Å². The monoisotopic (exact) mass is 519 g/mol. The number of amides is 1. The summed E-state index contributed by atoms with van der Waals surface area (Å²) in [5, 5.41) is 19.8. The molecular formula is C26H21N3O5S2. The smallest absolute Gasteiger partial charge is 0.302 e. The fraction of sp³-hybridized carbons (Fsp3) is 0.154. The number of carbonyl (C=O) groups is 2. The number of aryl methyl sites for hydroxylation is 1. The van der Waals surface area contributed by atoms with E-state index in [1.54, 1.807) is 36.4 Å². The largest absolute Gasteiger partial charge is 0.507 e. The Morgan fingerprint density at radius 3 is 2.53 bits per heavy atom. The third-order valence-corrected chi connectivity index (χ3v) is 7.83. The maximum absolute atomic E-state index is 13.2. The SMILES string of the molecule is COc1ccc(/C(O)=C2/C(=O)C(=O)N(c3nnc(SCc4ccc(C)cc4)s3)C2c2ccco2)cc1. The van der Waals surface area contributed by atoms with Crippen LogP contribution in [0.5, 0.6) is 5.75 Å². The second-order valence-electron chi connectivity index (χ2n) is 8.04. The zero-order valence-corrected chi connectivity index (χ0v) is 21.0. The second kappa shape index (κ2) is 10.00. The van der Waals surface area contributed by atoms with Gasteiger partial charge >= 0.3 is 5.91 Å². The lowest BCUT2D eigenvalue weighted by Crippen LogP contribution is -2.29. The predicted molar refractivity (Wildman–Crippen MR) is 137 cm³/mol. The van der Waals surface area contributed by atoms with Crippen LogP contribution in [0.3, 0.4) is 0 Å². The number of hydrogen-bond acceptors (Lipinski definition) is 9. The van der Waals surface area contributed by atoms with Crippen LogP contribution in [0, 0.1) is 6.92 Å². The summed E-state index contributed by atoms with van der Waals surface area (Å²) in [5.74, 6) is -0.329. The van der Waals surface area contributed by atoms with E-state index in [4.69, 9.17) is 9.15 Å². The molecule has 0 aliphatic carbocycles. The number of carbonyl (C=O) groups excluding carboxylic acids is 2. The number of rotatable bonds is 7. The number of furan rings is 1. The van der Waals surface area contributed by atoms with Crippen LogP contribution in [0.1, 0.15) is 28.5 Å². The van der Waals surface area contributed by atoms with Gasteiger partial charge in [0.2, 0.25) is 5.13 Å². The Hall–Kier alpha value is -3.89. The fourth-order valence-electron chi connectivity index (χ4n) is 3.84. The zero-order valence-electron chi connectivity index (χ0n) is 19.4. The van der Waals surface area contributed by atoms with Gasteiger partial charge in [0.1, 0.15) is 23.3 Å². The number of thioether (sulfide) groups is 1. The van der Waals surface area contributed by atoms with Gasteiger partial charge in [-0.05, 0) is 48.9 Å². The predicted octanol–water partition coefficient (Wildman–Crippen LogP) is 5.37. The minimum atomic E-state index is -0.981. The van der Waals surface area contributed by atoms with Crippen LogP contribution in [-0.4, -0.2) is 34.1 Å². The first-order valence-corrected chi connectivity index (χ1v) is 12.8. The summed E-state index contributed by atoms with van der Waals surface area (Å²) in [4.78, 5) is 27.6. The number of aliphatic hydroxyl groups is 1. The molecule has 1 aliphatic rings. The molecule has 8 nitrogen and oxygen atoms in total. The minimum Gasteiger partial charge on any atom is -0.507 e. The average molecular weight is 520 g/mol. The summed E-state index contributed by atoms with van der Waals surface area (Å²) in [6.07, 6.45) is 1.45. The number of ketones is 1. The van der Waals surface area contributed by atoms with Gasteiger partial charge < -0.3 is 14.3 Å². The highest BCUT2D eigenvalue weighted by Gasteiger charge is 2.49. The Balaban J connectivity index is 1.49. The van der Waals surface area contributed by atoms with Crippen molar-refractivity contribution in [3.63, 3.8) is 0 Å².